The lowest BCUT2D eigenvalue weighted by Gasteiger charge is -2.21. The van der Waals surface area contributed by atoms with Gasteiger partial charge in [0.05, 0.1) is 10.4 Å². The molecule has 0 spiro atoms. The number of hydrogen-bond acceptors (Lipinski definition) is 4. The van der Waals surface area contributed by atoms with Crippen molar-refractivity contribution in [2.75, 3.05) is 15.8 Å². The third-order valence-electron chi connectivity index (χ3n) is 3.08. The summed E-state index contributed by atoms with van der Waals surface area (Å²) in [6, 6.07) is 6.44. The number of benzene rings is 1. The molecule has 8 heteroatoms. The second kappa shape index (κ2) is 5.63. The van der Waals surface area contributed by atoms with E-state index in [0.717, 1.165) is 18.6 Å². The smallest absolute Gasteiger partial charge is 0.296 e. The van der Waals surface area contributed by atoms with E-state index in [1.807, 2.05) is 6.92 Å². The van der Waals surface area contributed by atoms with Crippen molar-refractivity contribution >= 4 is 39.3 Å². The first-order valence-corrected chi connectivity index (χ1v) is 8.68. The van der Waals surface area contributed by atoms with Crippen molar-refractivity contribution in [1.29, 1.82) is 0 Å². The van der Waals surface area contributed by atoms with E-state index in [4.69, 9.17) is 5.14 Å². The van der Waals surface area contributed by atoms with Crippen molar-refractivity contribution in [3.63, 3.8) is 0 Å². The van der Waals surface area contributed by atoms with E-state index >= 15 is 0 Å². The maximum Gasteiger partial charge on any atom is 0.296 e. The first-order valence-electron chi connectivity index (χ1n) is 6.15. The number of carbonyl (C=O) groups excluding carboxylic acids is 1. The van der Waals surface area contributed by atoms with Gasteiger partial charge in [-0.1, -0.05) is 6.07 Å². The van der Waals surface area contributed by atoms with Gasteiger partial charge in [0.15, 0.2) is 0 Å². The third-order valence-corrected chi connectivity index (χ3v) is 5.12. The topological polar surface area (TPSA) is 101 Å². The molecule has 1 aliphatic rings. The Hall–Kier alpha value is -1.25. The molecule has 0 saturated carbocycles. The highest BCUT2D eigenvalue weighted by molar-refractivity contribution is 8.01. The Bertz CT molecular complexity index is 610. The van der Waals surface area contributed by atoms with Gasteiger partial charge < -0.3 is 5.32 Å². The molecule has 0 radical (unpaired) electrons. The standard InChI is InChI=1S/C12H17N3O3S2/c1-12(6-3-7-19-12)11(16)14-9-4-2-5-10(8-9)15-20(13,17)18/h2,4-5,8,15H,3,6-7H2,1H3,(H,14,16)(H2,13,17,18). The van der Waals surface area contributed by atoms with Crippen LogP contribution >= 0.6 is 11.8 Å². The highest BCUT2D eigenvalue weighted by atomic mass is 32.2. The Labute approximate surface area is 122 Å². The third kappa shape index (κ3) is 3.87. The largest absolute Gasteiger partial charge is 0.325 e. The summed E-state index contributed by atoms with van der Waals surface area (Å²) in [5, 5.41) is 7.72. The lowest BCUT2D eigenvalue weighted by Crippen LogP contribution is -2.34. The number of thioether (sulfide) groups is 1. The van der Waals surface area contributed by atoms with Gasteiger partial charge in [-0.3, -0.25) is 9.52 Å². The number of carbonyl (C=O) groups is 1. The van der Waals surface area contributed by atoms with Crippen LogP contribution in [0.2, 0.25) is 0 Å². The second-order valence-corrected chi connectivity index (χ2v) is 7.76. The summed E-state index contributed by atoms with van der Waals surface area (Å²) in [6.07, 6.45) is 1.88. The van der Waals surface area contributed by atoms with Crippen molar-refractivity contribution in [3.8, 4) is 0 Å². The van der Waals surface area contributed by atoms with E-state index in [-0.39, 0.29) is 5.91 Å². The molecular formula is C12H17N3O3S2. The normalized spacial score (nSPS) is 22.5. The summed E-state index contributed by atoms with van der Waals surface area (Å²) in [7, 11) is -3.82. The number of nitrogens with one attached hydrogen (secondary N) is 2. The molecule has 20 heavy (non-hydrogen) atoms. The molecule has 1 aliphatic heterocycles. The summed E-state index contributed by atoms with van der Waals surface area (Å²) >= 11 is 1.64. The van der Waals surface area contributed by atoms with Crippen molar-refractivity contribution < 1.29 is 13.2 Å². The maximum atomic E-state index is 12.2. The van der Waals surface area contributed by atoms with Crippen LogP contribution in [0.4, 0.5) is 11.4 Å². The van der Waals surface area contributed by atoms with Crippen molar-refractivity contribution in [2.24, 2.45) is 5.14 Å². The summed E-state index contributed by atoms with van der Waals surface area (Å²) in [6.45, 7) is 1.92. The molecule has 1 saturated heterocycles. The molecule has 110 valence electrons. The molecule has 0 aromatic heterocycles. The molecule has 6 nitrogen and oxygen atoms in total. The summed E-state index contributed by atoms with van der Waals surface area (Å²) in [5.41, 5.74) is 0.854. The number of hydrogen-bond donors (Lipinski definition) is 3. The molecule has 0 aliphatic carbocycles. The summed E-state index contributed by atoms with van der Waals surface area (Å²) in [5.74, 6) is 0.921. The molecule has 1 fully saturated rings. The van der Waals surface area contributed by atoms with E-state index < -0.39 is 15.0 Å². The van der Waals surface area contributed by atoms with Gasteiger partial charge in [0, 0.05) is 5.69 Å². The Morgan fingerprint density at radius 3 is 2.70 bits per heavy atom. The van der Waals surface area contributed by atoms with Crippen molar-refractivity contribution in [1.82, 2.24) is 0 Å². The highest BCUT2D eigenvalue weighted by Gasteiger charge is 2.37. The zero-order chi connectivity index (χ0) is 14.8. The van der Waals surface area contributed by atoms with Gasteiger partial charge in [0.1, 0.15) is 0 Å². The number of nitrogens with two attached hydrogens (primary N) is 1. The average Bonchev–Trinajstić information content (AvgIpc) is 2.76. The summed E-state index contributed by atoms with van der Waals surface area (Å²) in [4.78, 5) is 12.2. The van der Waals surface area contributed by atoms with Gasteiger partial charge in [0.2, 0.25) is 5.91 Å². The molecule has 0 bridgehead atoms. The van der Waals surface area contributed by atoms with Crippen LogP contribution in [0.1, 0.15) is 19.8 Å². The van der Waals surface area contributed by atoms with Crippen LogP contribution in [-0.2, 0) is 15.0 Å². The fourth-order valence-corrected chi connectivity index (χ4v) is 3.71. The SMILES string of the molecule is CC1(C(=O)Nc2cccc(NS(N)(=O)=O)c2)CCCS1. The van der Waals surface area contributed by atoms with Crippen molar-refractivity contribution in [2.45, 2.75) is 24.5 Å². The van der Waals surface area contributed by atoms with Gasteiger partial charge >= 0.3 is 0 Å². The maximum absolute atomic E-state index is 12.2. The van der Waals surface area contributed by atoms with Gasteiger partial charge in [-0.05, 0) is 43.7 Å². The monoisotopic (exact) mass is 315 g/mol. The minimum atomic E-state index is -3.82. The van der Waals surface area contributed by atoms with E-state index in [1.165, 1.54) is 6.07 Å². The van der Waals surface area contributed by atoms with Gasteiger partial charge in [-0.15, -0.1) is 11.8 Å². The molecule has 1 aromatic rings. The number of anilines is 2. The van der Waals surface area contributed by atoms with Crippen LogP contribution in [0.5, 0.6) is 0 Å². The van der Waals surface area contributed by atoms with Crippen molar-refractivity contribution in [3.05, 3.63) is 24.3 Å². The fraction of sp³-hybridized carbons (Fsp3) is 0.417. The van der Waals surface area contributed by atoms with Crippen LogP contribution in [0, 0.1) is 0 Å². The first kappa shape index (κ1) is 15.1. The lowest BCUT2D eigenvalue weighted by molar-refractivity contribution is -0.118. The quantitative estimate of drug-likeness (QED) is 0.784. The second-order valence-electron chi connectivity index (χ2n) is 4.86. The molecule has 4 N–H and O–H groups in total. The highest BCUT2D eigenvalue weighted by Crippen LogP contribution is 2.38. The molecule has 1 heterocycles. The predicted octanol–water partition coefficient (Wildman–Crippen LogP) is 1.53. The Morgan fingerprint density at radius 1 is 1.40 bits per heavy atom. The minimum Gasteiger partial charge on any atom is -0.325 e. The van der Waals surface area contributed by atoms with Crippen LogP contribution in [-0.4, -0.2) is 24.8 Å². The van der Waals surface area contributed by atoms with Gasteiger partial charge in [-0.25, -0.2) is 5.14 Å². The number of amides is 1. The summed E-state index contributed by atoms with van der Waals surface area (Å²) < 4.78 is 23.7. The Kier molecular flexibility index (Phi) is 4.26. The van der Waals surface area contributed by atoms with Crippen LogP contribution in [0.3, 0.4) is 0 Å². The lowest BCUT2D eigenvalue weighted by atomic mass is 10.0. The minimum absolute atomic E-state index is 0.0623. The molecule has 1 unspecified atom stereocenters. The van der Waals surface area contributed by atoms with E-state index in [9.17, 15) is 13.2 Å². The van der Waals surface area contributed by atoms with Crippen LogP contribution in [0.15, 0.2) is 24.3 Å². The zero-order valence-corrected chi connectivity index (χ0v) is 12.7. The van der Waals surface area contributed by atoms with E-state index in [1.54, 1.807) is 30.0 Å². The average molecular weight is 315 g/mol. The Morgan fingerprint density at radius 2 is 2.10 bits per heavy atom. The molecule has 2 rings (SSSR count). The fourth-order valence-electron chi connectivity index (χ4n) is 2.05. The Balaban J connectivity index is 2.10. The van der Waals surface area contributed by atoms with Crippen LogP contribution in [0.25, 0.3) is 0 Å². The zero-order valence-electron chi connectivity index (χ0n) is 11.0. The van der Waals surface area contributed by atoms with Crippen LogP contribution < -0.4 is 15.2 Å². The van der Waals surface area contributed by atoms with E-state index in [2.05, 4.69) is 10.0 Å². The predicted molar refractivity (Wildman–Crippen MR) is 81.9 cm³/mol. The van der Waals surface area contributed by atoms with E-state index in [0.29, 0.717) is 11.4 Å². The van der Waals surface area contributed by atoms with Gasteiger partial charge in [0.25, 0.3) is 10.2 Å². The number of rotatable bonds is 4. The molecule has 1 aromatic carbocycles. The molecule has 1 amide bonds. The first-order chi connectivity index (χ1) is 9.28. The molecule has 1 atom stereocenters. The molecular weight excluding hydrogens is 298 g/mol. The van der Waals surface area contributed by atoms with Gasteiger partial charge in [-0.2, -0.15) is 8.42 Å².